The van der Waals surface area contributed by atoms with Crippen LogP contribution in [0.3, 0.4) is 0 Å². The van der Waals surface area contributed by atoms with Crippen LogP contribution in [0.1, 0.15) is 18.5 Å². The van der Waals surface area contributed by atoms with Crippen LogP contribution in [0.25, 0.3) is 11.0 Å². The smallest absolute Gasteiger partial charge is 0.133 e. The number of furan rings is 1. The third-order valence-corrected chi connectivity index (χ3v) is 2.38. The summed E-state index contributed by atoms with van der Waals surface area (Å²) in [5.74, 6) is 0. The minimum Gasteiger partial charge on any atom is -0.464 e. The Morgan fingerprint density at radius 3 is 2.86 bits per heavy atom. The van der Waals surface area contributed by atoms with E-state index in [1.54, 1.807) is 13.2 Å². The molecule has 3 N–H and O–H groups in total. The van der Waals surface area contributed by atoms with Crippen LogP contribution in [-0.4, -0.2) is 11.2 Å². The SMILES string of the molecule is CC(O)[C@@H](N)c1ccc2occc2c1. The van der Waals surface area contributed by atoms with Crippen molar-refractivity contribution in [2.75, 3.05) is 0 Å². The van der Waals surface area contributed by atoms with Crippen molar-refractivity contribution >= 4 is 11.0 Å². The lowest BCUT2D eigenvalue weighted by molar-refractivity contribution is 0.164. The zero-order valence-corrected chi connectivity index (χ0v) is 7.97. The van der Waals surface area contributed by atoms with Crippen molar-refractivity contribution in [1.82, 2.24) is 0 Å². The van der Waals surface area contributed by atoms with E-state index in [-0.39, 0.29) is 6.04 Å². The standard InChI is InChI=1S/C11H13NO2/c1-7(13)11(12)9-2-3-10-8(6-9)4-5-14-10/h2-7,11,13H,12H2,1H3/t7?,11-/m1/s1. The van der Waals surface area contributed by atoms with Gasteiger partial charge in [-0.2, -0.15) is 0 Å². The number of nitrogens with two attached hydrogens (primary N) is 1. The zero-order valence-electron chi connectivity index (χ0n) is 7.97. The van der Waals surface area contributed by atoms with Crippen LogP contribution >= 0.6 is 0 Å². The van der Waals surface area contributed by atoms with Gasteiger partial charge in [0.2, 0.25) is 0 Å². The van der Waals surface area contributed by atoms with Gasteiger partial charge < -0.3 is 15.3 Å². The molecule has 3 heteroatoms. The van der Waals surface area contributed by atoms with Gasteiger partial charge in [-0.15, -0.1) is 0 Å². The van der Waals surface area contributed by atoms with Crippen LogP contribution in [0.5, 0.6) is 0 Å². The lowest BCUT2D eigenvalue weighted by Crippen LogP contribution is -2.22. The molecule has 0 radical (unpaired) electrons. The Balaban J connectivity index is 2.43. The van der Waals surface area contributed by atoms with Crippen molar-refractivity contribution in [3.8, 4) is 0 Å². The first kappa shape index (κ1) is 9.24. The van der Waals surface area contributed by atoms with Gasteiger partial charge in [0.05, 0.1) is 18.4 Å². The normalized spacial score (nSPS) is 15.6. The molecule has 1 heterocycles. The first-order chi connectivity index (χ1) is 6.68. The third-order valence-electron chi connectivity index (χ3n) is 2.38. The van der Waals surface area contributed by atoms with E-state index >= 15 is 0 Å². The zero-order chi connectivity index (χ0) is 10.1. The molecule has 1 aromatic heterocycles. The molecule has 0 amide bonds. The van der Waals surface area contributed by atoms with Crippen LogP contribution < -0.4 is 5.73 Å². The molecular formula is C11H13NO2. The van der Waals surface area contributed by atoms with Crippen molar-refractivity contribution in [2.45, 2.75) is 19.1 Å². The molecule has 14 heavy (non-hydrogen) atoms. The maximum atomic E-state index is 9.35. The molecule has 0 saturated carbocycles. The highest BCUT2D eigenvalue weighted by molar-refractivity contribution is 5.77. The van der Waals surface area contributed by atoms with E-state index in [4.69, 9.17) is 10.2 Å². The molecule has 74 valence electrons. The Bertz CT molecular complexity index is 434. The Hall–Kier alpha value is -1.32. The summed E-state index contributed by atoms with van der Waals surface area (Å²) < 4.78 is 5.21. The van der Waals surface area contributed by atoms with Crippen LogP contribution in [0.2, 0.25) is 0 Å². The van der Waals surface area contributed by atoms with E-state index < -0.39 is 6.10 Å². The summed E-state index contributed by atoms with van der Waals surface area (Å²) in [5.41, 5.74) is 7.58. The highest BCUT2D eigenvalue weighted by atomic mass is 16.3. The van der Waals surface area contributed by atoms with Crippen molar-refractivity contribution in [3.63, 3.8) is 0 Å². The van der Waals surface area contributed by atoms with E-state index in [1.807, 2.05) is 24.3 Å². The molecule has 0 aliphatic rings. The van der Waals surface area contributed by atoms with Crippen LogP contribution in [0.15, 0.2) is 34.9 Å². The number of benzene rings is 1. The molecule has 2 aromatic rings. The second kappa shape index (κ2) is 3.44. The monoisotopic (exact) mass is 191 g/mol. The predicted octanol–water partition coefficient (Wildman–Crippen LogP) is 1.81. The molecule has 3 nitrogen and oxygen atoms in total. The average molecular weight is 191 g/mol. The van der Waals surface area contributed by atoms with Crippen molar-refractivity contribution in [1.29, 1.82) is 0 Å². The van der Waals surface area contributed by atoms with Crippen LogP contribution in [0.4, 0.5) is 0 Å². The minimum atomic E-state index is -0.542. The van der Waals surface area contributed by atoms with E-state index in [1.165, 1.54) is 0 Å². The lowest BCUT2D eigenvalue weighted by atomic mass is 10.0. The molecular weight excluding hydrogens is 178 g/mol. The molecule has 0 aliphatic heterocycles. The number of aliphatic hydroxyl groups is 1. The van der Waals surface area contributed by atoms with E-state index in [9.17, 15) is 5.11 Å². The summed E-state index contributed by atoms with van der Waals surface area (Å²) in [6.07, 6.45) is 1.10. The summed E-state index contributed by atoms with van der Waals surface area (Å²) in [7, 11) is 0. The average Bonchev–Trinajstić information content (AvgIpc) is 2.62. The van der Waals surface area contributed by atoms with E-state index in [0.29, 0.717) is 0 Å². The van der Waals surface area contributed by atoms with Gasteiger partial charge in [0.1, 0.15) is 5.58 Å². The number of fused-ring (bicyclic) bond motifs is 1. The second-order valence-electron chi connectivity index (χ2n) is 3.48. The number of hydrogen-bond acceptors (Lipinski definition) is 3. The largest absolute Gasteiger partial charge is 0.464 e. The summed E-state index contributed by atoms with van der Waals surface area (Å²) >= 11 is 0. The highest BCUT2D eigenvalue weighted by Gasteiger charge is 2.12. The first-order valence-corrected chi connectivity index (χ1v) is 4.59. The van der Waals surface area contributed by atoms with Crippen LogP contribution in [-0.2, 0) is 0 Å². The molecule has 0 fully saturated rings. The van der Waals surface area contributed by atoms with Gasteiger partial charge in [0.15, 0.2) is 0 Å². The molecule has 2 atom stereocenters. The Labute approximate surface area is 82.1 Å². The Morgan fingerprint density at radius 1 is 1.36 bits per heavy atom. The topological polar surface area (TPSA) is 59.4 Å². The summed E-state index contributed by atoms with van der Waals surface area (Å²) in [6.45, 7) is 1.68. The highest BCUT2D eigenvalue weighted by Crippen LogP contribution is 2.21. The summed E-state index contributed by atoms with van der Waals surface area (Å²) in [5, 5.41) is 10.4. The third kappa shape index (κ3) is 1.52. The van der Waals surface area contributed by atoms with Crippen molar-refractivity contribution < 1.29 is 9.52 Å². The molecule has 0 aliphatic carbocycles. The maximum absolute atomic E-state index is 9.35. The van der Waals surface area contributed by atoms with Gasteiger partial charge in [-0.25, -0.2) is 0 Å². The molecule has 2 rings (SSSR count). The molecule has 0 bridgehead atoms. The van der Waals surface area contributed by atoms with E-state index in [0.717, 1.165) is 16.5 Å². The number of aliphatic hydroxyl groups excluding tert-OH is 1. The van der Waals surface area contributed by atoms with Gasteiger partial charge >= 0.3 is 0 Å². The Morgan fingerprint density at radius 2 is 2.14 bits per heavy atom. The molecule has 1 unspecified atom stereocenters. The summed E-state index contributed by atoms with van der Waals surface area (Å²) in [6, 6.07) is 7.23. The van der Waals surface area contributed by atoms with E-state index in [2.05, 4.69) is 0 Å². The number of rotatable bonds is 2. The van der Waals surface area contributed by atoms with Crippen LogP contribution in [0, 0.1) is 0 Å². The van der Waals surface area contributed by atoms with Gasteiger partial charge in [-0.1, -0.05) is 6.07 Å². The van der Waals surface area contributed by atoms with Gasteiger partial charge in [0, 0.05) is 5.39 Å². The fourth-order valence-corrected chi connectivity index (χ4v) is 1.47. The predicted molar refractivity (Wildman–Crippen MR) is 54.8 cm³/mol. The lowest BCUT2D eigenvalue weighted by Gasteiger charge is -2.14. The maximum Gasteiger partial charge on any atom is 0.133 e. The fourth-order valence-electron chi connectivity index (χ4n) is 1.47. The minimum absolute atomic E-state index is 0.339. The van der Waals surface area contributed by atoms with Gasteiger partial charge in [0.25, 0.3) is 0 Å². The van der Waals surface area contributed by atoms with Gasteiger partial charge in [-0.3, -0.25) is 0 Å². The second-order valence-corrected chi connectivity index (χ2v) is 3.48. The van der Waals surface area contributed by atoms with Crippen molar-refractivity contribution in [3.05, 3.63) is 36.1 Å². The number of hydrogen-bond donors (Lipinski definition) is 2. The molecule has 0 saturated heterocycles. The quantitative estimate of drug-likeness (QED) is 0.761. The fraction of sp³-hybridized carbons (Fsp3) is 0.273. The molecule has 0 spiro atoms. The van der Waals surface area contributed by atoms with Gasteiger partial charge in [-0.05, 0) is 30.7 Å². The summed E-state index contributed by atoms with van der Waals surface area (Å²) in [4.78, 5) is 0. The molecule has 1 aromatic carbocycles. The first-order valence-electron chi connectivity index (χ1n) is 4.59. The van der Waals surface area contributed by atoms with Crippen molar-refractivity contribution in [2.24, 2.45) is 5.73 Å². The Kier molecular flexibility index (Phi) is 2.27.